The van der Waals surface area contributed by atoms with Gasteiger partial charge in [0, 0.05) is 16.5 Å². The summed E-state index contributed by atoms with van der Waals surface area (Å²) in [4.78, 5) is 0. The summed E-state index contributed by atoms with van der Waals surface area (Å²) in [6, 6.07) is 0. The molecule has 0 heterocycles. The third-order valence-corrected chi connectivity index (χ3v) is 1.94. The van der Waals surface area contributed by atoms with Crippen molar-refractivity contribution in [2.24, 2.45) is 10.3 Å². The van der Waals surface area contributed by atoms with Gasteiger partial charge in [0.15, 0.2) is 0 Å². The molecule has 0 aromatic carbocycles. The maximum absolute atomic E-state index is 10.8. The Hall–Kier alpha value is -0.106. The van der Waals surface area contributed by atoms with Crippen LogP contribution in [0.15, 0.2) is 0 Å². The van der Waals surface area contributed by atoms with Crippen LogP contribution >= 0.6 is 0 Å². The first-order valence-corrected chi connectivity index (χ1v) is 5.77. The Balaban J connectivity index is -0.000000218. The van der Waals surface area contributed by atoms with Gasteiger partial charge in [-0.05, 0) is 0 Å². The molecule has 0 aliphatic heterocycles. The van der Waals surface area contributed by atoms with Crippen LogP contribution in [-0.2, 0) is 36.5 Å². The van der Waals surface area contributed by atoms with Crippen LogP contribution in [0.3, 0.4) is 0 Å². The quantitative estimate of drug-likeness (QED) is 0.452. The predicted molar refractivity (Wildman–Crippen MR) is 38.3 cm³/mol. The summed E-state index contributed by atoms with van der Waals surface area (Å²) in [5.74, 6) is 0. The molecule has 0 saturated heterocycles. The second-order valence-corrected chi connectivity index (χ2v) is 5.09. The van der Waals surface area contributed by atoms with Crippen molar-refractivity contribution in [1.29, 1.82) is 0 Å². The molecule has 0 aliphatic carbocycles. The average Bonchev–Trinajstić information content (AvgIpc) is 1.77. The van der Waals surface area contributed by atoms with Gasteiger partial charge in [-0.25, -0.2) is 27.1 Å². The zero-order chi connectivity index (χ0) is 14.0. The van der Waals surface area contributed by atoms with E-state index in [1.54, 1.807) is 0 Å². The van der Waals surface area contributed by atoms with Gasteiger partial charge in [0.2, 0.25) is 0 Å². The molecule has 0 aromatic rings. The molecular weight excluding hydrogens is 353 g/mol. The topological polar surface area (TPSA) is 120 Å². The van der Waals surface area contributed by atoms with Gasteiger partial charge in [-0.3, -0.25) is 0 Å². The number of hydrogen-bond donors (Lipinski definition) is 2. The van der Waals surface area contributed by atoms with Crippen molar-refractivity contribution in [1.82, 2.24) is 0 Å². The van der Waals surface area contributed by atoms with E-state index in [0.717, 1.165) is 0 Å². The van der Waals surface area contributed by atoms with Crippen LogP contribution in [0, 0.1) is 0 Å². The minimum Gasteiger partial charge on any atom is -0.221 e. The largest absolute Gasteiger partial charge is 0.511 e. The molecule has 0 spiro atoms. The molecule has 0 saturated carbocycles. The number of hydrogen-bond acceptors (Lipinski definition) is 4. The third-order valence-electron chi connectivity index (χ3n) is 0.645. The van der Waals surface area contributed by atoms with Crippen LogP contribution in [0.5, 0.6) is 0 Å². The molecule has 17 heavy (non-hydrogen) atoms. The van der Waals surface area contributed by atoms with Gasteiger partial charge in [0.05, 0.1) is 0 Å². The number of sulfonamides is 2. The first-order valence-electron chi connectivity index (χ1n) is 2.68. The molecule has 0 bridgehead atoms. The summed E-state index contributed by atoms with van der Waals surface area (Å²) in [5, 5.41) is 7.32. The Labute approximate surface area is 101 Å². The number of halogens is 6. The van der Waals surface area contributed by atoms with Crippen molar-refractivity contribution in [3.8, 4) is 0 Å². The Kier molecular flexibility index (Phi) is 8.03. The molecular formula is C2H4F6N2NiO4S2. The maximum Gasteiger partial charge on any atom is 0.511 e. The summed E-state index contributed by atoms with van der Waals surface area (Å²) >= 11 is 0. The molecule has 0 unspecified atom stereocenters. The van der Waals surface area contributed by atoms with Crippen LogP contribution in [0.25, 0.3) is 0 Å². The molecule has 0 aromatic heterocycles. The third kappa shape index (κ3) is 9.58. The molecule has 15 heteroatoms. The van der Waals surface area contributed by atoms with E-state index in [1.165, 1.54) is 0 Å². The second kappa shape index (κ2) is 6.18. The van der Waals surface area contributed by atoms with E-state index in [9.17, 15) is 43.2 Å². The first kappa shape index (κ1) is 22.1. The number of rotatable bonds is 0. The van der Waals surface area contributed by atoms with Crippen molar-refractivity contribution in [2.45, 2.75) is 11.0 Å². The fraction of sp³-hybridized carbons (Fsp3) is 1.00. The van der Waals surface area contributed by atoms with E-state index in [1.807, 2.05) is 0 Å². The van der Waals surface area contributed by atoms with Gasteiger partial charge in [-0.2, -0.15) is 26.3 Å². The van der Waals surface area contributed by atoms with E-state index in [-0.39, 0.29) is 16.5 Å². The average molecular weight is 357 g/mol. The van der Waals surface area contributed by atoms with Crippen molar-refractivity contribution in [3.63, 3.8) is 0 Å². The van der Waals surface area contributed by atoms with E-state index < -0.39 is 31.1 Å². The van der Waals surface area contributed by atoms with Crippen molar-refractivity contribution in [3.05, 3.63) is 0 Å². The minimum absolute atomic E-state index is 0. The summed E-state index contributed by atoms with van der Waals surface area (Å²) in [6.07, 6.45) is 0. The van der Waals surface area contributed by atoms with Crippen LogP contribution in [0.4, 0.5) is 26.3 Å². The monoisotopic (exact) mass is 356 g/mol. The first-order chi connectivity index (χ1) is 6.50. The smallest absolute Gasteiger partial charge is 0.221 e. The summed E-state index contributed by atoms with van der Waals surface area (Å²) in [5.41, 5.74) is -10.6. The van der Waals surface area contributed by atoms with Gasteiger partial charge in [-0.15, -0.1) is 0 Å². The predicted octanol–water partition coefficient (Wildman–Crippen LogP) is -0.413. The number of primary sulfonamides is 2. The van der Waals surface area contributed by atoms with Crippen molar-refractivity contribution >= 4 is 20.0 Å². The molecule has 110 valence electrons. The summed E-state index contributed by atoms with van der Waals surface area (Å²) in [7, 11) is -10.7. The fourth-order valence-corrected chi connectivity index (χ4v) is 0. The molecule has 0 aliphatic rings. The van der Waals surface area contributed by atoms with Gasteiger partial charge in [-0.1, -0.05) is 0 Å². The standard InChI is InChI=1S/2CH2F3NO2S.Ni/c2*2-1(3,4)8(5,6)7;/h2*(H2,5,6,7);. The van der Waals surface area contributed by atoms with E-state index >= 15 is 0 Å². The molecule has 4 N–H and O–H groups in total. The number of alkyl halides is 6. The zero-order valence-corrected chi connectivity index (χ0v) is 9.81. The summed E-state index contributed by atoms with van der Waals surface area (Å²) in [6.45, 7) is 0. The van der Waals surface area contributed by atoms with E-state index in [0.29, 0.717) is 0 Å². The van der Waals surface area contributed by atoms with Gasteiger partial charge < -0.3 is 0 Å². The van der Waals surface area contributed by atoms with Gasteiger partial charge >= 0.3 is 31.1 Å². The van der Waals surface area contributed by atoms with Crippen LogP contribution in [0.2, 0.25) is 0 Å². The normalized spacial score (nSPS) is 13.2. The fourth-order valence-electron chi connectivity index (χ4n) is 0. The molecule has 6 nitrogen and oxygen atoms in total. The molecule has 0 rings (SSSR count). The Bertz CT molecular complexity index is 380. The maximum atomic E-state index is 10.8. The Morgan fingerprint density at radius 1 is 0.647 bits per heavy atom. The van der Waals surface area contributed by atoms with E-state index in [4.69, 9.17) is 0 Å². The van der Waals surface area contributed by atoms with E-state index in [2.05, 4.69) is 10.3 Å². The Morgan fingerprint density at radius 2 is 0.706 bits per heavy atom. The molecule has 0 amide bonds. The van der Waals surface area contributed by atoms with Gasteiger partial charge in [0.25, 0.3) is 0 Å². The van der Waals surface area contributed by atoms with Crippen LogP contribution in [-0.4, -0.2) is 27.9 Å². The molecule has 0 atom stereocenters. The number of nitrogens with two attached hydrogens (primary N) is 2. The van der Waals surface area contributed by atoms with Crippen molar-refractivity contribution < 1.29 is 59.7 Å². The van der Waals surface area contributed by atoms with Gasteiger partial charge in [0.1, 0.15) is 0 Å². The SMILES string of the molecule is NS(=O)(=O)C(F)(F)F.NS(=O)(=O)C(F)(F)F.[Ni]. The molecule has 0 radical (unpaired) electrons. The van der Waals surface area contributed by atoms with Crippen LogP contribution < -0.4 is 10.3 Å². The van der Waals surface area contributed by atoms with Crippen molar-refractivity contribution in [2.75, 3.05) is 0 Å². The molecule has 0 fully saturated rings. The zero-order valence-electron chi connectivity index (χ0n) is 7.19. The van der Waals surface area contributed by atoms with Crippen LogP contribution in [0.1, 0.15) is 0 Å². The second-order valence-electron chi connectivity index (χ2n) is 1.98. The minimum atomic E-state index is -5.34. The Morgan fingerprint density at radius 3 is 0.706 bits per heavy atom. The summed E-state index contributed by atoms with van der Waals surface area (Å²) < 4.78 is 102.